The standard InChI is InChI=1S/C21H27N3O4S/c25-24(26)21-15-18(16-23-29(27,28)19-9-5-2-6-10-19)11-12-20(21)22-14-13-17-7-3-1-4-8-17/h2,5-6,9-12,15,17,22-23H,1,3-4,7-8,13-14,16H2. The number of benzene rings is 2. The lowest BCUT2D eigenvalue weighted by atomic mass is 9.87. The van der Waals surface area contributed by atoms with Gasteiger partial charge in [0.05, 0.1) is 9.82 Å². The molecule has 1 aliphatic carbocycles. The minimum absolute atomic E-state index is 0.0135. The maximum absolute atomic E-state index is 12.3. The zero-order chi connectivity index (χ0) is 20.7. The quantitative estimate of drug-likeness (QED) is 0.463. The molecule has 0 aliphatic heterocycles. The van der Waals surface area contributed by atoms with Gasteiger partial charge in [0.1, 0.15) is 5.69 Å². The van der Waals surface area contributed by atoms with E-state index in [1.54, 1.807) is 30.3 Å². The second-order valence-corrected chi connectivity index (χ2v) is 9.23. The number of nitro groups is 1. The Hall–Kier alpha value is -2.45. The van der Waals surface area contributed by atoms with Crippen molar-refractivity contribution in [2.75, 3.05) is 11.9 Å². The minimum atomic E-state index is -3.66. The van der Waals surface area contributed by atoms with E-state index in [0.29, 0.717) is 23.7 Å². The fourth-order valence-electron chi connectivity index (χ4n) is 3.74. The Morgan fingerprint density at radius 1 is 1.03 bits per heavy atom. The van der Waals surface area contributed by atoms with Crippen molar-refractivity contribution in [2.45, 2.75) is 50.0 Å². The highest BCUT2D eigenvalue weighted by Gasteiger charge is 2.18. The van der Waals surface area contributed by atoms with Gasteiger partial charge in [-0.25, -0.2) is 13.1 Å². The van der Waals surface area contributed by atoms with Crippen LogP contribution in [0.4, 0.5) is 11.4 Å². The number of anilines is 1. The van der Waals surface area contributed by atoms with Gasteiger partial charge in [-0.3, -0.25) is 10.1 Å². The molecule has 1 fully saturated rings. The van der Waals surface area contributed by atoms with Crippen molar-refractivity contribution in [3.05, 3.63) is 64.2 Å². The van der Waals surface area contributed by atoms with Gasteiger partial charge in [-0.1, -0.05) is 56.4 Å². The molecule has 156 valence electrons. The van der Waals surface area contributed by atoms with Crippen molar-refractivity contribution in [3.8, 4) is 0 Å². The van der Waals surface area contributed by atoms with Crippen LogP contribution in [0.3, 0.4) is 0 Å². The van der Waals surface area contributed by atoms with Gasteiger partial charge in [-0.15, -0.1) is 0 Å². The molecule has 8 heteroatoms. The Bertz CT molecular complexity index is 926. The first-order valence-corrected chi connectivity index (χ1v) is 11.5. The summed E-state index contributed by atoms with van der Waals surface area (Å²) < 4.78 is 27.1. The van der Waals surface area contributed by atoms with E-state index in [4.69, 9.17) is 0 Å². The number of rotatable bonds is 9. The van der Waals surface area contributed by atoms with E-state index in [-0.39, 0.29) is 17.1 Å². The molecular formula is C21H27N3O4S. The van der Waals surface area contributed by atoms with Gasteiger partial charge in [-0.2, -0.15) is 0 Å². The van der Waals surface area contributed by atoms with E-state index < -0.39 is 14.9 Å². The molecule has 0 amide bonds. The molecule has 0 bridgehead atoms. The van der Waals surface area contributed by atoms with Gasteiger partial charge >= 0.3 is 0 Å². The van der Waals surface area contributed by atoms with Crippen LogP contribution in [0.25, 0.3) is 0 Å². The molecule has 0 aromatic heterocycles. The van der Waals surface area contributed by atoms with E-state index in [2.05, 4.69) is 10.0 Å². The lowest BCUT2D eigenvalue weighted by Crippen LogP contribution is -2.23. The zero-order valence-electron chi connectivity index (χ0n) is 16.3. The molecule has 0 atom stereocenters. The number of nitro benzene ring substituents is 1. The van der Waals surface area contributed by atoms with Crippen molar-refractivity contribution in [2.24, 2.45) is 5.92 Å². The molecule has 1 saturated carbocycles. The first-order chi connectivity index (χ1) is 14.0. The number of hydrogen-bond acceptors (Lipinski definition) is 5. The summed E-state index contributed by atoms with van der Waals surface area (Å²) in [5.41, 5.74) is 0.972. The summed E-state index contributed by atoms with van der Waals surface area (Å²) in [7, 11) is -3.66. The summed E-state index contributed by atoms with van der Waals surface area (Å²) in [5.74, 6) is 0.696. The van der Waals surface area contributed by atoms with Gasteiger partial charge < -0.3 is 5.32 Å². The largest absolute Gasteiger partial charge is 0.379 e. The maximum Gasteiger partial charge on any atom is 0.292 e. The van der Waals surface area contributed by atoms with Crippen LogP contribution in [0.2, 0.25) is 0 Å². The third kappa shape index (κ3) is 6.01. The normalized spacial score (nSPS) is 15.2. The Morgan fingerprint density at radius 2 is 1.76 bits per heavy atom. The van der Waals surface area contributed by atoms with Gasteiger partial charge in [0.2, 0.25) is 10.0 Å². The molecule has 2 N–H and O–H groups in total. The summed E-state index contributed by atoms with van der Waals surface area (Å²) in [6.07, 6.45) is 7.35. The minimum Gasteiger partial charge on any atom is -0.379 e. The summed E-state index contributed by atoms with van der Waals surface area (Å²) in [6, 6.07) is 12.8. The second-order valence-electron chi connectivity index (χ2n) is 7.47. The molecule has 0 heterocycles. The molecule has 2 aromatic rings. The predicted octanol–water partition coefficient (Wildman–Crippen LogP) is 4.46. The predicted molar refractivity (Wildman–Crippen MR) is 113 cm³/mol. The Labute approximate surface area is 171 Å². The summed E-state index contributed by atoms with van der Waals surface area (Å²) in [4.78, 5) is 11.2. The van der Waals surface area contributed by atoms with Gasteiger partial charge in [0.15, 0.2) is 0 Å². The third-order valence-corrected chi connectivity index (χ3v) is 6.79. The highest BCUT2D eigenvalue weighted by atomic mass is 32.2. The first-order valence-electron chi connectivity index (χ1n) is 10.0. The van der Waals surface area contributed by atoms with Crippen molar-refractivity contribution in [3.63, 3.8) is 0 Å². The molecule has 0 radical (unpaired) electrons. The van der Waals surface area contributed by atoms with Crippen LogP contribution in [-0.4, -0.2) is 19.9 Å². The third-order valence-electron chi connectivity index (χ3n) is 5.37. The van der Waals surface area contributed by atoms with Crippen LogP contribution in [0.1, 0.15) is 44.1 Å². The number of nitrogens with zero attached hydrogens (tertiary/aromatic N) is 1. The molecule has 1 aliphatic rings. The summed E-state index contributed by atoms with van der Waals surface area (Å²) >= 11 is 0. The van der Waals surface area contributed by atoms with E-state index in [9.17, 15) is 18.5 Å². The van der Waals surface area contributed by atoms with Crippen molar-refractivity contribution in [1.82, 2.24) is 4.72 Å². The Kier molecular flexibility index (Phi) is 7.22. The highest BCUT2D eigenvalue weighted by molar-refractivity contribution is 7.89. The molecule has 7 nitrogen and oxygen atoms in total. The smallest absolute Gasteiger partial charge is 0.292 e. The number of nitrogens with one attached hydrogen (secondary N) is 2. The SMILES string of the molecule is O=[N+]([O-])c1cc(CNS(=O)(=O)c2ccccc2)ccc1NCCC1CCCCC1. The van der Waals surface area contributed by atoms with Gasteiger partial charge in [0, 0.05) is 19.2 Å². The van der Waals surface area contributed by atoms with Crippen LogP contribution in [0, 0.1) is 16.0 Å². The zero-order valence-corrected chi connectivity index (χ0v) is 17.2. The van der Waals surface area contributed by atoms with E-state index in [1.807, 2.05) is 0 Å². The molecular weight excluding hydrogens is 390 g/mol. The Balaban J connectivity index is 1.62. The van der Waals surface area contributed by atoms with Crippen LogP contribution >= 0.6 is 0 Å². The average molecular weight is 418 g/mol. The molecule has 3 rings (SSSR count). The first kappa shape index (κ1) is 21.3. The van der Waals surface area contributed by atoms with Gasteiger partial charge in [0.25, 0.3) is 5.69 Å². The maximum atomic E-state index is 12.3. The Morgan fingerprint density at radius 3 is 2.45 bits per heavy atom. The van der Waals surface area contributed by atoms with Gasteiger partial charge in [-0.05, 0) is 36.1 Å². The van der Waals surface area contributed by atoms with Crippen LogP contribution in [0.5, 0.6) is 0 Å². The fourth-order valence-corrected chi connectivity index (χ4v) is 4.77. The number of hydrogen-bond donors (Lipinski definition) is 2. The van der Waals surface area contributed by atoms with E-state index >= 15 is 0 Å². The van der Waals surface area contributed by atoms with Crippen molar-refractivity contribution >= 4 is 21.4 Å². The average Bonchev–Trinajstić information content (AvgIpc) is 2.74. The van der Waals surface area contributed by atoms with Crippen LogP contribution < -0.4 is 10.0 Å². The lowest BCUT2D eigenvalue weighted by Gasteiger charge is -2.21. The topological polar surface area (TPSA) is 101 Å². The molecule has 0 spiro atoms. The van der Waals surface area contributed by atoms with Crippen LogP contribution in [0.15, 0.2) is 53.4 Å². The fraction of sp³-hybridized carbons (Fsp3) is 0.429. The monoisotopic (exact) mass is 417 g/mol. The molecule has 0 saturated heterocycles. The summed E-state index contributed by atoms with van der Waals surface area (Å²) in [5, 5.41) is 14.7. The van der Waals surface area contributed by atoms with Crippen molar-refractivity contribution < 1.29 is 13.3 Å². The lowest BCUT2D eigenvalue weighted by molar-refractivity contribution is -0.384. The second kappa shape index (κ2) is 9.84. The molecule has 2 aromatic carbocycles. The van der Waals surface area contributed by atoms with E-state index in [0.717, 1.165) is 6.42 Å². The van der Waals surface area contributed by atoms with Crippen LogP contribution in [-0.2, 0) is 16.6 Å². The van der Waals surface area contributed by atoms with Crippen molar-refractivity contribution in [1.29, 1.82) is 0 Å². The highest BCUT2D eigenvalue weighted by Crippen LogP contribution is 2.28. The number of sulfonamides is 1. The van der Waals surface area contributed by atoms with E-state index in [1.165, 1.54) is 50.3 Å². The molecule has 0 unspecified atom stereocenters. The molecule has 29 heavy (non-hydrogen) atoms. The summed E-state index contributed by atoms with van der Waals surface area (Å²) in [6.45, 7) is 0.686.